The highest BCUT2D eigenvalue weighted by Crippen LogP contribution is 2.17. The molecule has 0 radical (unpaired) electrons. The van der Waals surface area contributed by atoms with Crippen LogP contribution in [0.5, 0.6) is 0 Å². The molecule has 0 spiro atoms. The van der Waals surface area contributed by atoms with Crippen LogP contribution in [0.3, 0.4) is 0 Å². The van der Waals surface area contributed by atoms with Gasteiger partial charge < -0.3 is 19.6 Å². The van der Waals surface area contributed by atoms with E-state index in [1.54, 1.807) is 42.5 Å². The number of nitrogens with zero attached hydrogens (tertiary/aromatic N) is 2. The summed E-state index contributed by atoms with van der Waals surface area (Å²) >= 11 is 0. The average molecular weight is 366 g/mol. The van der Waals surface area contributed by atoms with Gasteiger partial charge in [-0.3, -0.25) is 9.59 Å². The molecule has 0 bridgehead atoms. The monoisotopic (exact) mass is 366 g/mol. The van der Waals surface area contributed by atoms with Crippen molar-refractivity contribution in [2.75, 3.05) is 11.9 Å². The van der Waals surface area contributed by atoms with Gasteiger partial charge in [0.2, 0.25) is 17.6 Å². The minimum absolute atomic E-state index is 0.127. The fourth-order valence-electron chi connectivity index (χ4n) is 2.35. The van der Waals surface area contributed by atoms with Gasteiger partial charge in [-0.05, 0) is 24.3 Å². The number of amides is 2. The van der Waals surface area contributed by atoms with E-state index >= 15 is 0 Å². The van der Waals surface area contributed by atoms with Crippen LogP contribution in [0.15, 0.2) is 64.3 Å². The van der Waals surface area contributed by atoms with Crippen molar-refractivity contribution in [3.8, 4) is 11.6 Å². The number of para-hydroxylation sites is 1. The molecule has 0 aliphatic rings. The molecule has 3 rings (SSSR count). The van der Waals surface area contributed by atoms with Crippen LogP contribution in [-0.2, 0) is 11.2 Å². The SMILES string of the molecule is C=CCNC(=O)c1ccccc1NC(=O)CCc1nc(-c2ccco2)no1. The summed E-state index contributed by atoms with van der Waals surface area (Å²) in [5.41, 5.74) is 0.816. The summed E-state index contributed by atoms with van der Waals surface area (Å²) in [6, 6.07) is 10.2. The van der Waals surface area contributed by atoms with Crippen LogP contribution in [-0.4, -0.2) is 28.5 Å². The third kappa shape index (κ3) is 4.69. The number of hydrogen-bond acceptors (Lipinski definition) is 6. The Bertz CT molecular complexity index is 931. The number of hydrogen-bond donors (Lipinski definition) is 2. The summed E-state index contributed by atoms with van der Waals surface area (Å²) in [6.45, 7) is 3.90. The van der Waals surface area contributed by atoms with Gasteiger partial charge >= 0.3 is 0 Å². The van der Waals surface area contributed by atoms with Gasteiger partial charge in [-0.25, -0.2) is 0 Å². The lowest BCUT2D eigenvalue weighted by Crippen LogP contribution is -2.25. The number of aromatic nitrogens is 2. The molecule has 0 saturated heterocycles. The highest BCUT2D eigenvalue weighted by molar-refractivity contribution is 6.03. The smallest absolute Gasteiger partial charge is 0.253 e. The molecule has 138 valence electrons. The van der Waals surface area contributed by atoms with Crippen molar-refractivity contribution in [2.45, 2.75) is 12.8 Å². The van der Waals surface area contributed by atoms with E-state index in [9.17, 15) is 9.59 Å². The molecule has 0 unspecified atom stereocenters. The summed E-state index contributed by atoms with van der Waals surface area (Å²) in [5.74, 6) is 0.602. The normalized spacial score (nSPS) is 10.4. The van der Waals surface area contributed by atoms with Crippen LogP contribution in [0.2, 0.25) is 0 Å². The van der Waals surface area contributed by atoms with Gasteiger partial charge in [-0.15, -0.1) is 6.58 Å². The van der Waals surface area contributed by atoms with Gasteiger partial charge in [0.15, 0.2) is 5.76 Å². The maximum Gasteiger partial charge on any atom is 0.253 e. The first-order valence-corrected chi connectivity index (χ1v) is 8.32. The molecule has 1 aromatic carbocycles. The lowest BCUT2D eigenvalue weighted by atomic mass is 10.1. The number of furan rings is 1. The van der Waals surface area contributed by atoms with E-state index in [4.69, 9.17) is 8.94 Å². The fraction of sp³-hybridized carbons (Fsp3) is 0.158. The molecular formula is C19H18N4O4. The van der Waals surface area contributed by atoms with Gasteiger partial charge in [-0.1, -0.05) is 23.4 Å². The Labute approximate surface area is 155 Å². The third-order valence-electron chi connectivity index (χ3n) is 3.63. The molecule has 27 heavy (non-hydrogen) atoms. The van der Waals surface area contributed by atoms with Crippen molar-refractivity contribution < 1.29 is 18.5 Å². The number of carbonyl (C=O) groups is 2. The third-order valence-corrected chi connectivity index (χ3v) is 3.63. The first kappa shape index (κ1) is 18.1. The highest BCUT2D eigenvalue weighted by Gasteiger charge is 2.15. The number of nitrogens with one attached hydrogen (secondary N) is 2. The van der Waals surface area contributed by atoms with E-state index in [2.05, 4.69) is 27.4 Å². The minimum Gasteiger partial charge on any atom is -0.461 e. The van der Waals surface area contributed by atoms with Gasteiger partial charge in [0.1, 0.15) is 0 Å². The number of anilines is 1. The van der Waals surface area contributed by atoms with Crippen LogP contribution in [0.25, 0.3) is 11.6 Å². The summed E-state index contributed by atoms with van der Waals surface area (Å²) in [6.07, 6.45) is 3.49. The second-order valence-corrected chi connectivity index (χ2v) is 5.58. The van der Waals surface area contributed by atoms with Gasteiger partial charge in [0.25, 0.3) is 5.91 Å². The molecule has 0 saturated carbocycles. The number of rotatable bonds is 8. The standard InChI is InChI=1S/C19H18N4O4/c1-2-11-20-19(25)13-6-3-4-7-14(13)21-16(24)9-10-17-22-18(23-27-17)15-8-5-12-26-15/h2-8,12H,1,9-11H2,(H,20,25)(H,21,24). The van der Waals surface area contributed by atoms with E-state index in [0.717, 1.165) is 0 Å². The number of aryl methyl sites for hydroxylation is 1. The van der Waals surface area contributed by atoms with Crippen molar-refractivity contribution in [1.29, 1.82) is 0 Å². The summed E-state index contributed by atoms with van der Waals surface area (Å²) < 4.78 is 10.3. The Morgan fingerprint density at radius 2 is 2.04 bits per heavy atom. The second-order valence-electron chi connectivity index (χ2n) is 5.58. The molecule has 0 aliphatic carbocycles. The largest absolute Gasteiger partial charge is 0.461 e. The molecule has 2 N–H and O–H groups in total. The zero-order chi connectivity index (χ0) is 19.1. The maximum atomic E-state index is 12.2. The molecule has 3 aromatic rings. The van der Waals surface area contributed by atoms with E-state index in [1.165, 1.54) is 6.26 Å². The zero-order valence-electron chi connectivity index (χ0n) is 14.5. The van der Waals surface area contributed by atoms with Gasteiger partial charge in [-0.2, -0.15) is 4.98 Å². The predicted octanol–water partition coefficient (Wildman–Crippen LogP) is 2.82. The molecule has 2 amide bonds. The molecule has 2 heterocycles. The predicted molar refractivity (Wildman–Crippen MR) is 97.9 cm³/mol. The van der Waals surface area contributed by atoms with Crippen molar-refractivity contribution in [2.24, 2.45) is 0 Å². The zero-order valence-corrected chi connectivity index (χ0v) is 14.5. The Morgan fingerprint density at radius 3 is 2.81 bits per heavy atom. The first-order chi connectivity index (χ1) is 13.2. The molecule has 0 atom stereocenters. The van der Waals surface area contributed by atoms with Crippen molar-refractivity contribution in [3.05, 3.63) is 66.8 Å². The summed E-state index contributed by atoms with van der Waals surface area (Å²) in [4.78, 5) is 28.6. The molecule has 0 fully saturated rings. The topological polar surface area (TPSA) is 110 Å². The lowest BCUT2D eigenvalue weighted by molar-refractivity contribution is -0.116. The van der Waals surface area contributed by atoms with E-state index in [0.29, 0.717) is 35.3 Å². The van der Waals surface area contributed by atoms with Crippen LogP contribution in [0.1, 0.15) is 22.7 Å². The number of carbonyl (C=O) groups excluding carboxylic acids is 2. The highest BCUT2D eigenvalue weighted by atomic mass is 16.5. The Hall–Kier alpha value is -3.68. The van der Waals surface area contributed by atoms with Gasteiger partial charge in [0, 0.05) is 19.4 Å². The quantitative estimate of drug-likeness (QED) is 0.593. The Morgan fingerprint density at radius 1 is 1.19 bits per heavy atom. The van der Waals surface area contributed by atoms with Crippen molar-refractivity contribution in [3.63, 3.8) is 0 Å². The summed E-state index contributed by atoms with van der Waals surface area (Å²) in [7, 11) is 0. The van der Waals surface area contributed by atoms with Crippen molar-refractivity contribution in [1.82, 2.24) is 15.5 Å². The molecule has 0 aliphatic heterocycles. The number of benzene rings is 1. The minimum atomic E-state index is -0.286. The second kappa shape index (κ2) is 8.61. The Balaban J connectivity index is 1.58. The van der Waals surface area contributed by atoms with Crippen LogP contribution < -0.4 is 10.6 Å². The molecule has 8 heteroatoms. The average Bonchev–Trinajstić information content (AvgIpc) is 3.36. The molecule has 8 nitrogen and oxygen atoms in total. The van der Waals surface area contributed by atoms with Crippen LogP contribution in [0, 0.1) is 0 Å². The van der Waals surface area contributed by atoms with E-state index < -0.39 is 0 Å². The van der Waals surface area contributed by atoms with E-state index in [1.807, 2.05) is 0 Å². The maximum absolute atomic E-state index is 12.2. The summed E-state index contributed by atoms with van der Waals surface area (Å²) in [5, 5.41) is 9.24. The van der Waals surface area contributed by atoms with Gasteiger partial charge in [0.05, 0.1) is 17.5 Å². The van der Waals surface area contributed by atoms with Crippen LogP contribution >= 0.6 is 0 Å². The molecular weight excluding hydrogens is 348 g/mol. The first-order valence-electron chi connectivity index (χ1n) is 8.32. The lowest BCUT2D eigenvalue weighted by Gasteiger charge is -2.10. The molecule has 2 aromatic heterocycles. The van der Waals surface area contributed by atoms with Crippen molar-refractivity contribution >= 4 is 17.5 Å². The van der Waals surface area contributed by atoms with E-state index in [-0.39, 0.29) is 24.7 Å². The Kier molecular flexibility index (Phi) is 5.78. The van der Waals surface area contributed by atoms with Crippen LogP contribution in [0.4, 0.5) is 5.69 Å². The fourth-order valence-corrected chi connectivity index (χ4v) is 2.35.